The van der Waals surface area contributed by atoms with Gasteiger partial charge in [-0.25, -0.2) is 13.0 Å². The molecule has 1 atom stereocenters. The number of benzene rings is 1. The van der Waals surface area contributed by atoms with Gasteiger partial charge in [-0.3, -0.25) is 0 Å². The van der Waals surface area contributed by atoms with Crippen LogP contribution >= 0.6 is 0 Å². The van der Waals surface area contributed by atoms with Crippen LogP contribution in [0.25, 0.3) is 0 Å². The molecule has 0 saturated heterocycles. The van der Waals surface area contributed by atoms with E-state index >= 15 is 0 Å². The minimum atomic E-state index is -6.59. The minimum absolute atomic E-state index is 0.112. The van der Waals surface area contributed by atoms with Crippen molar-refractivity contribution in [1.82, 2.24) is 0 Å². The van der Waals surface area contributed by atoms with Gasteiger partial charge in [0.2, 0.25) is 0 Å². The molecule has 0 bridgehead atoms. The molecule has 0 spiro atoms. The molecule has 3 nitrogen and oxygen atoms in total. The molecule has 21 heavy (non-hydrogen) atoms. The number of hydrogen-bond acceptors (Lipinski definition) is 3. The summed E-state index contributed by atoms with van der Waals surface area (Å²) < 4.78 is 124. The summed E-state index contributed by atoms with van der Waals surface area (Å²) in [6.45, 7) is 0. The number of halogens is 8. The Morgan fingerprint density at radius 1 is 0.952 bits per heavy atom. The Bertz CT molecular complexity index is 619. The summed E-state index contributed by atoms with van der Waals surface area (Å²) in [6, 6.07) is 0.328. The highest BCUT2D eigenvalue weighted by Crippen LogP contribution is 2.40. The van der Waals surface area contributed by atoms with Gasteiger partial charge in [0.1, 0.15) is 0 Å². The summed E-state index contributed by atoms with van der Waals surface area (Å²) in [4.78, 5) is 0. The molecule has 0 aliphatic carbocycles. The number of rotatable bonds is 3. The molecule has 0 saturated carbocycles. The van der Waals surface area contributed by atoms with Gasteiger partial charge in [0.05, 0.1) is 0 Å². The molecule has 12 heteroatoms. The highest BCUT2D eigenvalue weighted by atomic mass is 32.2. The van der Waals surface area contributed by atoms with Gasteiger partial charge in [0, 0.05) is 0 Å². The molecule has 0 heterocycles. The highest BCUT2D eigenvalue weighted by molar-refractivity contribution is 7.87. The smallest absolute Gasteiger partial charge is 0.245 e. The van der Waals surface area contributed by atoms with Gasteiger partial charge in [-0.05, 0) is 17.7 Å². The number of hydrogen-bond donors (Lipinski definition) is 0. The normalized spacial score (nSPS) is 15.0. The summed E-state index contributed by atoms with van der Waals surface area (Å²) in [6.07, 6.45) is -9.23. The van der Waals surface area contributed by atoms with Crippen LogP contribution in [0.1, 0.15) is 11.7 Å². The largest absolute Gasteiger partial charge is 0.523 e. The lowest BCUT2D eigenvalue weighted by Gasteiger charge is -2.21. The second kappa shape index (κ2) is 5.40. The summed E-state index contributed by atoms with van der Waals surface area (Å²) in [7, 11) is -6.59. The van der Waals surface area contributed by atoms with E-state index in [1.165, 1.54) is 0 Å². The summed E-state index contributed by atoms with van der Waals surface area (Å²) >= 11 is 0. The third-order valence-corrected chi connectivity index (χ3v) is 3.06. The average molecular weight is 344 g/mol. The van der Waals surface area contributed by atoms with E-state index in [-0.39, 0.29) is 18.2 Å². The maximum Gasteiger partial charge on any atom is 0.523 e. The minimum Gasteiger partial charge on any atom is -0.245 e. The molecule has 120 valence electrons. The lowest BCUT2D eigenvalue weighted by molar-refractivity contribution is -0.200. The van der Waals surface area contributed by atoms with E-state index in [0.29, 0.717) is 0 Å². The van der Waals surface area contributed by atoms with Crippen molar-refractivity contribution in [2.45, 2.75) is 17.8 Å². The van der Waals surface area contributed by atoms with Crippen molar-refractivity contribution in [2.24, 2.45) is 0 Å². The summed E-state index contributed by atoms with van der Waals surface area (Å²) in [5.41, 5.74) is -7.44. The van der Waals surface area contributed by atoms with Gasteiger partial charge >= 0.3 is 21.8 Å². The fourth-order valence-corrected chi connectivity index (χ4v) is 1.74. The Morgan fingerprint density at radius 3 is 1.86 bits per heavy atom. The van der Waals surface area contributed by atoms with Gasteiger partial charge in [0.15, 0.2) is 17.7 Å². The topological polar surface area (TPSA) is 43.4 Å². The maximum absolute atomic E-state index is 12.8. The molecule has 0 aliphatic rings. The molecule has 1 aromatic rings. The SMILES string of the molecule is O=S(=O)(O[C@@H](c1ccc(F)c(F)c1)C(F)(F)F)C(F)(F)F. The monoisotopic (exact) mass is 344 g/mol. The van der Waals surface area contributed by atoms with E-state index in [1.54, 1.807) is 0 Å². The van der Waals surface area contributed by atoms with Crippen LogP contribution < -0.4 is 0 Å². The van der Waals surface area contributed by atoms with Gasteiger partial charge in [0.25, 0.3) is 0 Å². The standard InChI is InChI=1S/C9H4F8O3S/c10-5-2-1-4(3-6(5)11)7(8(12,13)14)20-21(18,19)9(15,16)17/h1-3,7H/t7-/m0/s1. The van der Waals surface area contributed by atoms with Crippen molar-refractivity contribution in [2.75, 3.05) is 0 Å². The van der Waals surface area contributed by atoms with Crippen molar-refractivity contribution < 1.29 is 47.7 Å². The fraction of sp³-hybridized carbons (Fsp3) is 0.333. The van der Waals surface area contributed by atoms with Crippen molar-refractivity contribution in [3.8, 4) is 0 Å². The van der Waals surface area contributed by atoms with Crippen LogP contribution in [0, 0.1) is 11.6 Å². The number of alkyl halides is 6. The zero-order chi connectivity index (χ0) is 16.6. The highest BCUT2D eigenvalue weighted by Gasteiger charge is 2.54. The van der Waals surface area contributed by atoms with Crippen molar-refractivity contribution in [3.63, 3.8) is 0 Å². The quantitative estimate of drug-likeness (QED) is 0.479. The molecule has 0 fully saturated rings. The zero-order valence-corrected chi connectivity index (χ0v) is 10.3. The van der Waals surface area contributed by atoms with E-state index in [9.17, 15) is 43.5 Å². The van der Waals surface area contributed by atoms with Gasteiger partial charge < -0.3 is 0 Å². The Balaban J connectivity index is 3.29. The molecular formula is C9H4F8O3S. The Kier molecular flexibility index (Phi) is 4.53. The predicted octanol–water partition coefficient (Wildman–Crippen LogP) is 3.43. The van der Waals surface area contributed by atoms with Crippen LogP contribution in [0.4, 0.5) is 35.1 Å². The lowest BCUT2D eigenvalue weighted by Crippen LogP contribution is -2.33. The second-order valence-electron chi connectivity index (χ2n) is 3.59. The van der Waals surface area contributed by atoms with Crippen LogP contribution in [0.5, 0.6) is 0 Å². The van der Waals surface area contributed by atoms with Crippen molar-refractivity contribution >= 4 is 10.1 Å². The average Bonchev–Trinajstić information content (AvgIpc) is 2.27. The molecule has 1 rings (SSSR count). The van der Waals surface area contributed by atoms with Crippen molar-refractivity contribution in [1.29, 1.82) is 0 Å². The van der Waals surface area contributed by atoms with Crippen LogP contribution in [0.3, 0.4) is 0 Å². The van der Waals surface area contributed by atoms with Crippen LogP contribution in [0.2, 0.25) is 0 Å². The van der Waals surface area contributed by atoms with Crippen LogP contribution in [0.15, 0.2) is 18.2 Å². The van der Waals surface area contributed by atoms with E-state index < -0.39 is 45.1 Å². The first-order chi connectivity index (χ1) is 9.25. The fourth-order valence-electron chi connectivity index (χ4n) is 1.16. The van der Waals surface area contributed by atoms with E-state index in [4.69, 9.17) is 0 Å². The third-order valence-electron chi connectivity index (χ3n) is 2.05. The van der Waals surface area contributed by atoms with Gasteiger partial charge in [-0.15, -0.1) is 0 Å². The summed E-state index contributed by atoms with van der Waals surface area (Å²) in [5, 5.41) is 0. The molecule has 0 N–H and O–H groups in total. The van der Waals surface area contributed by atoms with Crippen molar-refractivity contribution in [3.05, 3.63) is 35.4 Å². The molecule has 1 aromatic carbocycles. The molecule has 0 aromatic heterocycles. The van der Waals surface area contributed by atoms with E-state index in [1.807, 2.05) is 0 Å². The Morgan fingerprint density at radius 2 is 1.48 bits per heavy atom. The molecule has 0 radical (unpaired) electrons. The van der Waals surface area contributed by atoms with Crippen LogP contribution in [-0.4, -0.2) is 20.1 Å². The van der Waals surface area contributed by atoms with Crippen LogP contribution in [-0.2, 0) is 14.3 Å². The second-order valence-corrected chi connectivity index (χ2v) is 5.15. The first-order valence-electron chi connectivity index (χ1n) is 4.77. The zero-order valence-electron chi connectivity index (χ0n) is 9.47. The maximum atomic E-state index is 12.8. The Labute approximate surface area is 112 Å². The van der Waals surface area contributed by atoms with E-state index in [2.05, 4.69) is 4.18 Å². The van der Waals surface area contributed by atoms with Gasteiger partial charge in [-0.2, -0.15) is 34.8 Å². The molecular weight excluding hydrogens is 340 g/mol. The third kappa shape index (κ3) is 4.03. The lowest BCUT2D eigenvalue weighted by atomic mass is 10.1. The molecule has 0 amide bonds. The molecule has 0 aliphatic heterocycles. The Hall–Kier alpha value is -1.43. The van der Waals surface area contributed by atoms with Gasteiger partial charge in [-0.1, -0.05) is 6.07 Å². The molecule has 0 unspecified atom stereocenters. The first kappa shape index (κ1) is 17.6. The summed E-state index contributed by atoms with van der Waals surface area (Å²) in [5.74, 6) is -3.38. The predicted molar refractivity (Wildman–Crippen MR) is 51.2 cm³/mol. The first-order valence-corrected chi connectivity index (χ1v) is 6.18. The van der Waals surface area contributed by atoms with E-state index in [0.717, 1.165) is 0 Å².